The van der Waals surface area contributed by atoms with Crippen LogP contribution in [0.2, 0.25) is 0 Å². The fraction of sp³-hybridized carbons (Fsp3) is 0.333. The Morgan fingerprint density at radius 2 is 1.68 bits per heavy atom. The molecule has 3 aromatic rings. The highest BCUT2D eigenvalue weighted by Crippen LogP contribution is 2.40. The summed E-state index contributed by atoms with van der Waals surface area (Å²) in [7, 11) is 0.0434. The van der Waals surface area contributed by atoms with Crippen LogP contribution in [0.25, 0.3) is 0 Å². The molecule has 0 fully saturated rings. The average Bonchev–Trinajstić information content (AvgIpc) is 2.94. The van der Waals surface area contributed by atoms with E-state index in [1.165, 1.54) is 50.4 Å². The number of carbonyl (C=O) groups excluding carboxylic acids is 2. The molecule has 0 unspecified atom stereocenters. The first kappa shape index (κ1) is 31.1. The van der Waals surface area contributed by atoms with Gasteiger partial charge in [0.05, 0.1) is 16.8 Å². The lowest BCUT2D eigenvalue weighted by molar-refractivity contribution is -0.134. The van der Waals surface area contributed by atoms with E-state index in [0.717, 1.165) is 16.4 Å². The zero-order chi connectivity index (χ0) is 30.3. The number of anilines is 4. The number of sulfonamides is 1. The van der Waals surface area contributed by atoms with Crippen LogP contribution in [0.1, 0.15) is 27.2 Å². The normalized spacial score (nSPS) is 11.0. The number of aromatic nitrogens is 2. The van der Waals surface area contributed by atoms with E-state index >= 15 is 0 Å². The van der Waals surface area contributed by atoms with Crippen LogP contribution in [-0.4, -0.2) is 69.6 Å². The number of benzene rings is 2. The maximum atomic E-state index is 13.9. The molecule has 0 aliphatic rings. The van der Waals surface area contributed by atoms with Crippen molar-refractivity contribution in [1.82, 2.24) is 14.9 Å². The third-order valence-electron chi connectivity index (χ3n) is 5.90. The fourth-order valence-electron chi connectivity index (χ4n) is 3.56. The number of nitrogens with one attached hydrogen (secondary N) is 1. The van der Waals surface area contributed by atoms with Crippen LogP contribution >= 0.6 is 0 Å². The first-order valence-electron chi connectivity index (χ1n) is 12.8. The minimum atomic E-state index is -4.24. The molecule has 0 radical (unpaired) electrons. The Labute approximate surface area is 238 Å². The van der Waals surface area contributed by atoms with Crippen LogP contribution < -0.4 is 24.0 Å². The number of ether oxygens (including phenoxy) is 2. The van der Waals surface area contributed by atoms with E-state index < -0.39 is 27.9 Å². The summed E-state index contributed by atoms with van der Waals surface area (Å²) in [5, 5.41) is 3.03. The Hall–Kier alpha value is -4.46. The number of para-hydroxylation sites is 1. The standard InChI is InChI=1S/C27H33FN6O6S/c1-7-23(35)40-24-20(14-11-15-22(24)39-27(36)32(4)5)30-25-21(17-29-26(31-25)34(8-2)9-3)33(6)41(37,38)19-13-10-12-18(28)16-19/h10-17H,7-9H2,1-6H3,(H,29,30,31). The molecular formula is C27H33FN6O6S. The lowest BCUT2D eigenvalue weighted by Crippen LogP contribution is -2.29. The van der Waals surface area contributed by atoms with E-state index in [1.807, 2.05) is 18.7 Å². The number of halogens is 1. The summed E-state index contributed by atoms with van der Waals surface area (Å²) in [5.41, 5.74) is 0.187. The van der Waals surface area contributed by atoms with Crippen LogP contribution in [0.3, 0.4) is 0 Å². The van der Waals surface area contributed by atoms with Crippen LogP contribution in [0.4, 0.5) is 32.3 Å². The number of nitrogens with zero attached hydrogens (tertiary/aromatic N) is 5. The summed E-state index contributed by atoms with van der Waals surface area (Å²) in [5.74, 6) is -1.11. The van der Waals surface area contributed by atoms with Gasteiger partial charge in [0.2, 0.25) is 5.95 Å². The van der Waals surface area contributed by atoms with Gasteiger partial charge in [-0.2, -0.15) is 4.98 Å². The molecule has 0 atom stereocenters. The molecule has 0 aliphatic heterocycles. The molecule has 0 bridgehead atoms. The number of amides is 1. The van der Waals surface area contributed by atoms with E-state index in [1.54, 1.807) is 19.1 Å². The van der Waals surface area contributed by atoms with E-state index in [9.17, 15) is 22.4 Å². The topological polar surface area (TPSA) is 134 Å². The Balaban J connectivity index is 2.18. The van der Waals surface area contributed by atoms with Crippen molar-refractivity contribution < 1.29 is 31.9 Å². The molecule has 0 aliphatic carbocycles. The fourth-order valence-corrected chi connectivity index (χ4v) is 4.78. The van der Waals surface area contributed by atoms with Crippen LogP contribution in [-0.2, 0) is 14.8 Å². The van der Waals surface area contributed by atoms with Crippen molar-refractivity contribution in [2.75, 3.05) is 48.8 Å². The summed E-state index contributed by atoms with van der Waals surface area (Å²) < 4.78 is 52.7. The molecule has 0 saturated carbocycles. The molecule has 12 nitrogen and oxygen atoms in total. The van der Waals surface area contributed by atoms with Crippen molar-refractivity contribution in [2.24, 2.45) is 0 Å². The van der Waals surface area contributed by atoms with Crippen molar-refractivity contribution in [1.29, 1.82) is 0 Å². The number of hydrogen-bond donors (Lipinski definition) is 1. The number of hydrogen-bond acceptors (Lipinski definition) is 10. The van der Waals surface area contributed by atoms with Crippen LogP contribution in [0, 0.1) is 5.82 Å². The molecule has 41 heavy (non-hydrogen) atoms. The lowest BCUT2D eigenvalue weighted by Gasteiger charge is -2.25. The summed E-state index contributed by atoms with van der Waals surface area (Å²) in [4.78, 5) is 36.4. The molecule has 2 aromatic carbocycles. The highest BCUT2D eigenvalue weighted by Gasteiger charge is 2.27. The van der Waals surface area contributed by atoms with Gasteiger partial charge in [0.25, 0.3) is 10.0 Å². The Morgan fingerprint density at radius 1 is 1.00 bits per heavy atom. The Bertz CT molecular complexity index is 1510. The van der Waals surface area contributed by atoms with Crippen molar-refractivity contribution >= 4 is 45.2 Å². The molecule has 220 valence electrons. The molecule has 0 saturated heterocycles. The van der Waals surface area contributed by atoms with Crippen LogP contribution in [0.5, 0.6) is 11.5 Å². The average molecular weight is 589 g/mol. The minimum Gasteiger partial charge on any atom is -0.420 e. The number of rotatable bonds is 11. The zero-order valence-electron chi connectivity index (χ0n) is 23.7. The maximum absolute atomic E-state index is 13.9. The van der Waals surface area contributed by atoms with Gasteiger partial charge < -0.3 is 24.6 Å². The van der Waals surface area contributed by atoms with Gasteiger partial charge in [0.15, 0.2) is 17.3 Å². The Kier molecular flexibility index (Phi) is 10.1. The molecule has 1 aromatic heterocycles. The van der Waals surface area contributed by atoms with Gasteiger partial charge in [-0.1, -0.05) is 19.1 Å². The van der Waals surface area contributed by atoms with Gasteiger partial charge in [-0.15, -0.1) is 0 Å². The predicted octanol–water partition coefficient (Wildman–Crippen LogP) is 4.41. The second kappa shape index (κ2) is 13.3. The largest absolute Gasteiger partial charge is 0.420 e. The van der Waals surface area contributed by atoms with E-state index in [-0.39, 0.29) is 40.0 Å². The number of carbonyl (C=O) groups is 2. The molecule has 1 amide bonds. The summed E-state index contributed by atoms with van der Waals surface area (Å²) in [6, 6.07) is 9.19. The predicted molar refractivity (Wildman–Crippen MR) is 153 cm³/mol. The maximum Gasteiger partial charge on any atom is 0.414 e. The summed E-state index contributed by atoms with van der Waals surface area (Å²) in [6.07, 6.45) is 0.658. The van der Waals surface area contributed by atoms with Gasteiger partial charge >= 0.3 is 12.1 Å². The van der Waals surface area contributed by atoms with Gasteiger partial charge in [-0.3, -0.25) is 9.10 Å². The lowest BCUT2D eigenvalue weighted by atomic mass is 10.2. The Morgan fingerprint density at radius 3 is 2.29 bits per heavy atom. The van der Waals surface area contributed by atoms with Crippen molar-refractivity contribution in [3.8, 4) is 11.5 Å². The first-order valence-corrected chi connectivity index (χ1v) is 14.2. The second-order valence-electron chi connectivity index (χ2n) is 8.85. The molecule has 0 spiro atoms. The SMILES string of the molecule is CCC(=O)Oc1c(Nc2nc(N(CC)CC)ncc2N(C)S(=O)(=O)c2cccc(F)c2)cccc1OC(=O)N(C)C. The quantitative estimate of drug-likeness (QED) is 0.254. The highest BCUT2D eigenvalue weighted by atomic mass is 32.2. The van der Waals surface area contributed by atoms with Gasteiger partial charge in [-0.05, 0) is 44.2 Å². The third-order valence-corrected chi connectivity index (χ3v) is 7.66. The highest BCUT2D eigenvalue weighted by molar-refractivity contribution is 7.92. The molecule has 1 heterocycles. The van der Waals surface area contributed by atoms with Crippen molar-refractivity contribution in [3.05, 3.63) is 54.5 Å². The van der Waals surface area contributed by atoms with E-state index in [4.69, 9.17) is 9.47 Å². The van der Waals surface area contributed by atoms with Gasteiger partial charge in [-0.25, -0.2) is 22.6 Å². The first-order chi connectivity index (χ1) is 19.4. The third kappa shape index (κ3) is 7.20. The second-order valence-corrected chi connectivity index (χ2v) is 10.8. The minimum absolute atomic E-state index is 0.0219. The summed E-state index contributed by atoms with van der Waals surface area (Å²) in [6.45, 7) is 6.58. The van der Waals surface area contributed by atoms with Crippen molar-refractivity contribution in [3.63, 3.8) is 0 Å². The van der Waals surface area contributed by atoms with Crippen LogP contribution in [0.15, 0.2) is 53.6 Å². The van der Waals surface area contributed by atoms with Crippen molar-refractivity contribution in [2.45, 2.75) is 32.1 Å². The molecule has 14 heteroatoms. The number of esters is 1. The summed E-state index contributed by atoms with van der Waals surface area (Å²) >= 11 is 0. The smallest absolute Gasteiger partial charge is 0.414 e. The monoisotopic (exact) mass is 588 g/mol. The van der Waals surface area contributed by atoms with Gasteiger partial charge in [0, 0.05) is 40.7 Å². The van der Waals surface area contributed by atoms with E-state index in [0.29, 0.717) is 19.0 Å². The molecule has 1 N–H and O–H groups in total. The van der Waals surface area contributed by atoms with Gasteiger partial charge in [0.1, 0.15) is 11.5 Å². The molecule has 3 rings (SSSR count). The van der Waals surface area contributed by atoms with E-state index in [2.05, 4.69) is 15.3 Å². The molecular weight excluding hydrogens is 555 g/mol. The zero-order valence-corrected chi connectivity index (χ0v) is 24.5.